The standard InChI is InChI=1S/C32H37F3O2/c1-3-5-20-37-27-16-12-24(13-17-27)28-18-14-25(31(34)32(28)35)11-8-22-6-9-23(10-7-22)26-15-19-30(36-4-2)29(33)21-26/h6-7,9-10,14-15,18-19,21,24,27H,3-5,8,11-13,16-17,20H2,1-2H3. The van der Waals surface area contributed by atoms with Crippen LogP contribution in [0.2, 0.25) is 0 Å². The highest BCUT2D eigenvalue weighted by Crippen LogP contribution is 2.36. The molecule has 0 aromatic heterocycles. The molecule has 0 aliphatic heterocycles. The second-order valence-electron chi connectivity index (χ2n) is 9.91. The topological polar surface area (TPSA) is 18.5 Å². The van der Waals surface area contributed by atoms with Crippen molar-refractivity contribution >= 4 is 0 Å². The Labute approximate surface area is 218 Å². The summed E-state index contributed by atoms with van der Waals surface area (Å²) >= 11 is 0. The van der Waals surface area contributed by atoms with Crippen LogP contribution in [0.4, 0.5) is 13.2 Å². The Kier molecular flexibility index (Phi) is 9.68. The maximum Gasteiger partial charge on any atom is 0.165 e. The van der Waals surface area contributed by atoms with Crippen molar-refractivity contribution < 1.29 is 22.6 Å². The minimum Gasteiger partial charge on any atom is -0.491 e. The van der Waals surface area contributed by atoms with E-state index >= 15 is 4.39 Å². The third kappa shape index (κ3) is 6.95. The average molecular weight is 511 g/mol. The Balaban J connectivity index is 1.34. The van der Waals surface area contributed by atoms with Crippen LogP contribution in [0.1, 0.15) is 75.0 Å². The van der Waals surface area contributed by atoms with Crippen LogP contribution in [0.15, 0.2) is 54.6 Å². The lowest BCUT2D eigenvalue weighted by atomic mass is 9.82. The van der Waals surface area contributed by atoms with E-state index in [0.29, 0.717) is 30.6 Å². The zero-order valence-electron chi connectivity index (χ0n) is 21.9. The van der Waals surface area contributed by atoms with E-state index in [1.54, 1.807) is 18.2 Å². The van der Waals surface area contributed by atoms with Gasteiger partial charge in [0.05, 0.1) is 12.7 Å². The Morgan fingerprint density at radius 3 is 2.19 bits per heavy atom. The summed E-state index contributed by atoms with van der Waals surface area (Å²) in [5.74, 6) is -1.51. The van der Waals surface area contributed by atoms with Gasteiger partial charge < -0.3 is 9.47 Å². The fourth-order valence-corrected chi connectivity index (χ4v) is 5.14. The van der Waals surface area contributed by atoms with E-state index in [2.05, 4.69) is 6.92 Å². The lowest BCUT2D eigenvalue weighted by Crippen LogP contribution is -2.22. The van der Waals surface area contributed by atoms with Gasteiger partial charge in [-0.05, 0) is 97.7 Å². The molecule has 2 nitrogen and oxygen atoms in total. The maximum absolute atomic E-state index is 15.0. The summed E-state index contributed by atoms with van der Waals surface area (Å²) in [7, 11) is 0. The number of hydrogen-bond donors (Lipinski definition) is 0. The summed E-state index contributed by atoms with van der Waals surface area (Å²) in [6.07, 6.45) is 6.89. The van der Waals surface area contributed by atoms with Gasteiger partial charge in [0.2, 0.25) is 0 Å². The summed E-state index contributed by atoms with van der Waals surface area (Å²) < 4.78 is 55.4. The van der Waals surface area contributed by atoms with E-state index in [1.165, 1.54) is 6.07 Å². The predicted octanol–water partition coefficient (Wildman–Crippen LogP) is 8.80. The number of hydrogen-bond acceptors (Lipinski definition) is 2. The van der Waals surface area contributed by atoms with Crippen molar-refractivity contribution in [1.82, 2.24) is 0 Å². The second-order valence-corrected chi connectivity index (χ2v) is 9.91. The number of aryl methyl sites for hydroxylation is 2. The highest BCUT2D eigenvalue weighted by Gasteiger charge is 2.26. The number of benzene rings is 3. The van der Waals surface area contributed by atoms with Crippen molar-refractivity contribution in [3.05, 3.63) is 88.7 Å². The summed E-state index contributed by atoms with van der Waals surface area (Å²) in [5.41, 5.74) is 3.56. The molecule has 0 saturated heterocycles. The number of ether oxygens (including phenoxy) is 2. The van der Waals surface area contributed by atoms with Crippen LogP contribution in [-0.2, 0) is 17.6 Å². The Morgan fingerprint density at radius 2 is 1.51 bits per heavy atom. The van der Waals surface area contributed by atoms with E-state index in [0.717, 1.165) is 61.8 Å². The van der Waals surface area contributed by atoms with Crippen LogP contribution in [0, 0.1) is 17.5 Å². The predicted molar refractivity (Wildman–Crippen MR) is 143 cm³/mol. The summed E-state index contributed by atoms with van der Waals surface area (Å²) in [6, 6.07) is 16.2. The van der Waals surface area contributed by atoms with E-state index < -0.39 is 17.5 Å². The molecule has 0 radical (unpaired) electrons. The molecule has 5 heteroatoms. The molecular formula is C32H37F3O2. The Bertz CT molecular complexity index is 1150. The molecule has 0 heterocycles. The highest BCUT2D eigenvalue weighted by atomic mass is 19.2. The van der Waals surface area contributed by atoms with Crippen molar-refractivity contribution in [2.24, 2.45) is 0 Å². The second kappa shape index (κ2) is 13.1. The van der Waals surface area contributed by atoms with Gasteiger partial charge in [-0.25, -0.2) is 13.2 Å². The van der Waals surface area contributed by atoms with Gasteiger partial charge in [0.15, 0.2) is 23.2 Å². The molecule has 1 aliphatic carbocycles. The molecule has 0 atom stereocenters. The maximum atomic E-state index is 15.0. The molecule has 0 N–H and O–H groups in total. The molecule has 4 rings (SSSR count). The van der Waals surface area contributed by atoms with Crippen LogP contribution in [0.5, 0.6) is 5.75 Å². The molecule has 198 valence electrons. The average Bonchev–Trinajstić information content (AvgIpc) is 2.92. The smallest absolute Gasteiger partial charge is 0.165 e. The highest BCUT2D eigenvalue weighted by molar-refractivity contribution is 5.64. The molecule has 1 saturated carbocycles. The van der Waals surface area contributed by atoms with E-state index in [9.17, 15) is 8.78 Å². The van der Waals surface area contributed by atoms with Gasteiger partial charge in [-0.1, -0.05) is 55.8 Å². The van der Waals surface area contributed by atoms with Crippen LogP contribution in [0.25, 0.3) is 11.1 Å². The van der Waals surface area contributed by atoms with Gasteiger partial charge in [0, 0.05) is 6.61 Å². The monoisotopic (exact) mass is 510 g/mol. The van der Waals surface area contributed by atoms with Crippen molar-refractivity contribution in [3.8, 4) is 16.9 Å². The fraction of sp³-hybridized carbons (Fsp3) is 0.438. The minimum absolute atomic E-state index is 0.0505. The van der Waals surface area contributed by atoms with E-state index in [-0.39, 0.29) is 17.8 Å². The summed E-state index contributed by atoms with van der Waals surface area (Å²) in [4.78, 5) is 0. The van der Waals surface area contributed by atoms with Crippen LogP contribution >= 0.6 is 0 Å². The van der Waals surface area contributed by atoms with Gasteiger partial charge in [-0.2, -0.15) is 0 Å². The lowest BCUT2D eigenvalue weighted by Gasteiger charge is -2.29. The number of halogens is 3. The first-order valence-corrected chi connectivity index (χ1v) is 13.6. The number of unbranched alkanes of at least 4 members (excludes halogenated alkanes) is 1. The van der Waals surface area contributed by atoms with Gasteiger partial charge in [0.1, 0.15) is 0 Å². The molecule has 1 aliphatic rings. The van der Waals surface area contributed by atoms with Crippen molar-refractivity contribution in [1.29, 1.82) is 0 Å². The van der Waals surface area contributed by atoms with Crippen LogP contribution < -0.4 is 4.74 Å². The summed E-state index contributed by atoms with van der Waals surface area (Å²) in [5, 5.41) is 0. The zero-order valence-corrected chi connectivity index (χ0v) is 21.9. The molecule has 3 aromatic rings. The van der Waals surface area contributed by atoms with Gasteiger partial charge in [-0.15, -0.1) is 0 Å². The third-order valence-corrected chi connectivity index (χ3v) is 7.36. The minimum atomic E-state index is -0.722. The molecule has 3 aromatic carbocycles. The Hall–Kier alpha value is -2.79. The molecule has 37 heavy (non-hydrogen) atoms. The SMILES string of the molecule is CCCCOC1CCC(c2ccc(CCc3ccc(-c4ccc(OCC)c(F)c4)cc3)c(F)c2F)CC1. The first kappa shape index (κ1) is 27.3. The summed E-state index contributed by atoms with van der Waals surface area (Å²) in [6.45, 7) is 5.16. The van der Waals surface area contributed by atoms with Crippen molar-refractivity contribution in [2.45, 2.75) is 77.2 Å². The van der Waals surface area contributed by atoms with Crippen LogP contribution in [0.3, 0.4) is 0 Å². The van der Waals surface area contributed by atoms with E-state index in [1.807, 2.05) is 37.3 Å². The van der Waals surface area contributed by atoms with Crippen molar-refractivity contribution in [3.63, 3.8) is 0 Å². The van der Waals surface area contributed by atoms with Gasteiger partial charge in [0.25, 0.3) is 0 Å². The zero-order chi connectivity index (χ0) is 26.2. The molecule has 0 unspecified atom stereocenters. The first-order valence-electron chi connectivity index (χ1n) is 13.6. The van der Waals surface area contributed by atoms with Crippen LogP contribution in [-0.4, -0.2) is 19.3 Å². The quantitative estimate of drug-likeness (QED) is 0.240. The number of rotatable bonds is 11. The molecule has 1 fully saturated rings. The van der Waals surface area contributed by atoms with Gasteiger partial charge >= 0.3 is 0 Å². The first-order chi connectivity index (χ1) is 18.0. The molecule has 0 spiro atoms. The molecule has 0 amide bonds. The Morgan fingerprint density at radius 1 is 0.784 bits per heavy atom. The lowest BCUT2D eigenvalue weighted by molar-refractivity contribution is 0.0230. The molecular weight excluding hydrogens is 473 g/mol. The van der Waals surface area contributed by atoms with Gasteiger partial charge in [-0.3, -0.25) is 0 Å². The molecule has 0 bridgehead atoms. The normalized spacial score (nSPS) is 17.6. The third-order valence-electron chi connectivity index (χ3n) is 7.36. The largest absolute Gasteiger partial charge is 0.491 e. The fourth-order valence-electron chi connectivity index (χ4n) is 5.14. The van der Waals surface area contributed by atoms with Crippen molar-refractivity contribution in [2.75, 3.05) is 13.2 Å². The van der Waals surface area contributed by atoms with E-state index in [4.69, 9.17) is 9.47 Å².